The predicted octanol–water partition coefficient (Wildman–Crippen LogP) is 2.83. The van der Waals surface area contributed by atoms with E-state index in [2.05, 4.69) is 14.7 Å². The molecule has 0 spiro atoms. The number of pyridine rings is 2. The third kappa shape index (κ3) is 4.17. The molecule has 0 saturated heterocycles. The highest BCUT2D eigenvalue weighted by atomic mass is 16.5. The lowest BCUT2D eigenvalue weighted by atomic mass is 10.2. The van der Waals surface area contributed by atoms with E-state index in [1.807, 2.05) is 42.5 Å². The third-order valence-electron chi connectivity index (χ3n) is 2.53. The normalized spacial score (nSPS) is 11.1. The van der Waals surface area contributed by atoms with Crippen LogP contribution < -0.4 is 0 Å². The fourth-order valence-corrected chi connectivity index (χ4v) is 1.49. The fraction of sp³-hybridized carbons (Fsp3) is 0.0625. The van der Waals surface area contributed by atoms with Crippen LogP contribution in [0, 0.1) is 0 Å². The highest BCUT2D eigenvalue weighted by molar-refractivity contribution is 5.86. The molecule has 4 nitrogen and oxygen atoms in total. The largest absolute Gasteiger partial charge is 0.466 e. The maximum absolute atomic E-state index is 11.0. The van der Waals surface area contributed by atoms with Gasteiger partial charge in [-0.15, -0.1) is 0 Å². The van der Waals surface area contributed by atoms with Crippen LogP contribution in [0.1, 0.15) is 17.0 Å². The lowest BCUT2D eigenvalue weighted by Crippen LogP contribution is -1.93. The van der Waals surface area contributed by atoms with Gasteiger partial charge in [-0.05, 0) is 42.0 Å². The number of aromatic nitrogens is 2. The summed E-state index contributed by atoms with van der Waals surface area (Å²) in [5, 5.41) is 0. The molecule has 2 aromatic heterocycles. The third-order valence-corrected chi connectivity index (χ3v) is 2.53. The molecule has 4 heteroatoms. The number of ether oxygens (including phenoxy) is 1. The molecule has 0 radical (unpaired) electrons. The van der Waals surface area contributed by atoms with Crippen molar-refractivity contribution in [2.24, 2.45) is 0 Å². The van der Waals surface area contributed by atoms with Crippen LogP contribution in [0.2, 0.25) is 0 Å². The van der Waals surface area contributed by atoms with Crippen molar-refractivity contribution in [3.8, 4) is 0 Å². The summed E-state index contributed by atoms with van der Waals surface area (Å²) in [6.07, 6.45) is 10.2. The van der Waals surface area contributed by atoms with E-state index in [-0.39, 0.29) is 5.97 Å². The summed E-state index contributed by atoms with van der Waals surface area (Å²) in [5.74, 6) is -0.385. The molecule has 0 N–H and O–H groups in total. The topological polar surface area (TPSA) is 52.1 Å². The molecule has 0 bridgehead atoms. The van der Waals surface area contributed by atoms with Crippen LogP contribution in [0.25, 0.3) is 18.2 Å². The molecule has 2 aromatic rings. The molecule has 0 saturated carbocycles. The smallest absolute Gasteiger partial charge is 0.330 e. The molecule has 100 valence electrons. The summed E-state index contributed by atoms with van der Waals surface area (Å²) in [5.41, 5.74) is 2.54. The van der Waals surface area contributed by atoms with Gasteiger partial charge in [0.1, 0.15) is 0 Å². The van der Waals surface area contributed by atoms with Gasteiger partial charge in [-0.1, -0.05) is 12.1 Å². The number of methoxy groups -OCH3 is 1. The average Bonchev–Trinajstić information content (AvgIpc) is 2.52. The maximum atomic E-state index is 11.0. The van der Waals surface area contributed by atoms with Gasteiger partial charge in [-0.2, -0.15) is 0 Å². The van der Waals surface area contributed by atoms with Gasteiger partial charge in [-0.25, -0.2) is 4.79 Å². The Bertz CT molecular complexity index is 617. The first kappa shape index (κ1) is 13.7. The van der Waals surface area contributed by atoms with E-state index in [0.717, 1.165) is 17.0 Å². The van der Waals surface area contributed by atoms with Crippen LogP contribution in [0.3, 0.4) is 0 Å². The SMILES string of the molecule is COC(=O)C=Cc1ccc(/C=C/c2ccccn2)nc1. The van der Waals surface area contributed by atoms with Crippen molar-refractivity contribution in [1.82, 2.24) is 9.97 Å². The number of esters is 1. The molecule has 0 amide bonds. The Hall–Kier alpha value is -2.75. The van der Waals surface area contributed by atoms with Crippen molar-refractivity contribution in [2.45, 2.75) is 0 Å². The Balaban J connectivity index is 2.03. The number of hydrogen-bond donors (Lipinski definition) is 0. The van der Waals surface area contributed by atoms with Gasteiger partial charge in [-0.3, -0.25) is 9.97 Å². The van der Waals surface area contributed by atoms with Crippen molar-refractivity contribution in [1.29, 1.82) is 0 Å². The van der Waals surface area contributed by atoms with Crippen molar-refractivity contribution in [3.05, 3.63) is 65.8 Å². The number of carbonyl (C=O) groups is 1. The summed E-state index contributed by atoms with van der Waals surface area (Å²) >= 11 is 0. The van der Waals surface area contributed by atoms with Crippen molar-refractivity contribution >= 4 is 24.2 Å². The summed E-state index contributed by atoms with van der Waals surface area (Å²) in [4.78, 5) is 19.4. The molecule has 0 aromatic carbocycles. The maximum Gasteiger partial charge on any atom is 0.330 e. The van der Waals surface area contributed by atoms with Crippen LogP contribution in [0.5, 0.6) is 0 Å². The Labute approximate surface area is 117 Å². The van der Waals surface area contributed by atoms with Crippen LogP contribution in [0.4, 0.5) is 0 Å². The molecule has 0 atom stereocenters. The highest BCUT2D eigenvalue weighted by Gasteiger charge is 1.93. The van der Waals surface area contributed by atoms with Gasteiger partial charge in [0.2, 0.25) is 0 Å². The molecular weight excluding hydrogens is 252 g/mol. The molecule has 0 aliphatic carbocycles. The molecular formula is C16H14N2O2. The molecule has 20 heavy (non-hydrogen) atoms. The van der Waals surface area contributed by atoms with Crippen molar-refractivity contribution in [2.75, 3.05) is 7.11 Å². The Morgan fingerprint density at radius 1 is 1.05 bits per heavy atom. The van der Waals surface area contributed by atoms with Gasteiger partial charge in [0.05, 0.1) is 18.5 Å². The molecule has 0 aliphatic rings. The van der Waals surface area contributed by atoms with Crippen LogP contribution in [-0.4, -0.2) is 23.0 Å². The van der Waals surface area contributed by atoms with E-state index in [1.165, 1.54) is 13.2 Å². The number of hydrogen-bond acceptors (Lipinski definition) is 4. The van der Waals surface area contributed by atoms with E-state index in [1.54, 1.807) is 18.5 Å². The van der Waals surface area contributed by atoms with E-state index in [0.29, 0.717) is 0 Å². The zero-order valence-electron chi connectivity index (χ0n) is 11.1. The molecule has 0 fully saturated rings. The first-order chi connectivity index (χ1) is 9.78. The van der Waals surface area contributed by atoms with Crippen molar-refractivity contribution in [3.63, 3.8) is 0 Å². The number of carbonyl (C=O) groups excluding carboxylic acids is 1. The zero-order valence-corrected chi connectivity index (χ0v) is 11.1. The van der Waals surface area contributed by atoms with Gasteiger partial charge >= 0.3 is 5.97 Å². The van der Waals surface area contributed by atoms with E-state index >= 15 is 0 Å². The highest BCUT2D eigenvalue weighted by Crippen LogP contribution is 2.06. The van der Waals surface area contributed by atoms with Gasteiger partial charge in [0, 0.05) is 18.5 Å². The van der Waals surface area contributed by atoms with E-state index in [9.17, 15) is 4.79 Å². The standard InChI is InChI=1S/C16H14N2O2/c1-20-16(19)10-6-13-5-7-15(18-12-13)9-8-14-4-2-3-11-17-14/h2-12H,1H3/b9-8+,10-6?. The Kier molecular flexibility index (Phi) is 4.78. The van der Waals surface area contributed by atoms with Crippen LogP contribution in [0.15, 0.2) is 48.8 Å². The van der Waals surface area contributed by atoms with Gasteiger partial charge < -0.3 is 4.74 Å². The number of rotatable bonds is 4. The lowest BCUT2D eigenvalue weighted by Gasteiger charge is -1.96. The lowest BCUT2D eigenvalue weighted by molar-refractivity contribution is -0.134. The molecule has 2 heterocycles. The Morgan fingerprint density at radius 3 is 2.45 bits per heavy atom. The first-order valence-electron chi connectivity index (χ1n) is 6.09. The minimum Gasteiger partial charge on any atom is -0.466 e. The van der Waals surface area contributed by atoms with Crippen molar-refractivity contribution < 1.29 is 9.53 Å². The number of nitrogens with zero attached hydrogens (tertiary/aromatic N) is 2. The van der Waals surface area contributed by atoms with Gasteiger partial charge in [0.25, 0.3) is 0 Å². The molecule has 2 rings (SSSR count). The zero-order chi connectivity index (χ0) is 14.2. The molecule has 0 aliphatic heterocycles. The first-order valence-corrected chi connectivity index (χ1v) is 6.09. The monoisotopic (exact) mass is 266 g/mol. The fourth-order valence-electron chi connectivity index (χ4n) is 1.49. The van der Waals surface area contributed by atoms with E-state index < -0.39 is 0 Å². The molecule has 0 unspecified atom stereocenters. The second-order valence-electron chi connectivity index (χ2n) is 3.96. The Morgan fingerprint density at radius 2 is 1.85 bits per heavy atom. The summed E-state index contributed by atoms with van der Waals surface area (Å²) in [6, 6.07) is 9.48. The average molecular weight is 266 g/mol. The van der Waals surface area contributed by atoms with Gasteiger partial charge in [0.15, 0.2) is 0 Å². The minimum atomic E-state index is -0.385. The second kappa shape index (κ2) is 6.99. The summed E-state index contributed by atoms with van der Waals surface area (Å²) < 4.78 is 4.52. The van der Waals surface area contributed by atoms with E-state index in [4.69, 9.17) is 0 Å². The minimum absolute atomic E-state index is 0.385. The summed E-state index contributed by atoms with van der Waals surface area (Å²) in [6.45, 7) is 0. The predicted molar refractivity (Wildman–Crippen MR) is 78.5 cm³/mol. The van der Waals surface area contributed by atoms with Crippen LogP contribution in [-0.2, 0) is 9.53 Å². The summed E-state index contributed by atoms with van der Waals surface area (Å²) in [7, 11) is 1.34. The quantitative estimate of drug-likeness (QED) is 0.630. The van der Waals surface area contributed by atoms with Crippen LogP contribution >= 0.6 is 0 Å². The second-order valence-corrected chi connectivity index (χ2v) is 3.96.